The van der Waals surface area contributed by atoms with Gasteiger partial charge in [0, 0.05) is 10.7 Å². The van der Waals surface area contributed by atoms with Gasteiger partial charge in [-0.1, -0.05) is 52.4 Å². The van der Waals surface area contributed by atoms with E-state index in [1.54, 1.807) is 30.3 Å². The lowest BCUT2D eigenvalue weighted by Gasteiger charge is -2.06. The molecule has 26 heavy (non-hydrogen) atoms. The van der Waals surface area contributed by atoms with Gasteiger partial charge in [0.1, 0.15) is 5.82 Å². The first-order valence-corrected chi connectivity index (χ1v) is 9.79. The zero-order valence-electron chi connectivity index (χ0n) is 13.0. The number of anilines is 3. The summed E-state index contributed by atoms with van der Waals surface area (Å²) in [6.07, 6.45) is 0. The number of benzene rings is 2. The topological polar surface area (TPSA) is 66.9 Å². The van der Waals surface area contributed by atoms with Crippen LogP contribution in [-0.2, 0) is 4.79 Å². The highest BCUT2D eigenvalue weighted by Crippen LogP contribution is 2.29. The molecule has 0 fully saturated rings. The molecule has 3 rings (SSSR count). The predicted octanol–water partition coefficient (Wildman–Crippen LogP) is 5.46. The summed E-state index contributed by atoms with van der Waals surface area (Å²) >= 11 is 14.4. The lowest BCUT2D eigenvalue weighted by Crippen LogP contribution is -2.14. The van der Waals surface area contributed by atoms with E-state index in [4.69, 9.17) is 23.2 Å². The van der Waals surface area contributed by atoms with Crippen LogP contribution in [0.4, 0.5) is 20.9 Å². The van der Waals surface area contributed by atoms with Gasteiger partial charge >= 0.3 is 0 Å². The molecule has 1 aromatic heterocycles. The highest BCUT2D eigenvalue weighted by molar-refractivity contribution is 8.01. The van der Waals surface area contributed by atoms with Crippen molar-refractivity contribution in [2.75, 3.05) is 16.4 Å². The van der Waals surface area contributed by atoms with Crippen molar-refractivity contribution in [3.63, 3.8) is 0 Å². The molecule has 1 amide bonds. The molecular weight excluding hydrogens is 418 g/mol. The summed E-state index contributed by atoms with van der Waals surface area (Å²) in [7, 11) is 0. The Balaban J connectivity index is 1.54. The van der Waals surface area contributed by atoms with Crippen LogP contribution in [0.2, 0.25) is 10.0 Å². The SMILES string of the molecule is O=C(CSc1nnc(Nc2cccc(F)c2)s1)Nc1cc(Cl)ccc1Cl. The summed E-state index contributed by atoms with van der Waals surface area (Å²) in [4.78, 5) is 12.1. The van der Waals surface area contributed by atoms with E-state index in [0.29, 0.717) is 30.9 Å². The maximum absolute atomic E-state index is 13.2. The zero-order chi connectivity index (χ0) is 18.5. The van der Waals surface area contributed by atoms with Crippen LogP contribution >= 0.6 is 46.3 Å². The molecule has 0 bridgehead atoms. The minimum absolute atomic E-state index is 0.136. The number of rotatable bonds is 6. The number of halogens is 3. The Hall–Kier alpha value is -1.87. The van der Waals surface area contributed by atoms with Crippen LogP contribution in [0.3, 0.4) is 0 Å². The van der Waals surface area contributed by atoms with E-state index >= 15 is 0 Å². The molecule has 0 atom stereocenters. The fraction of sp³-hybridized carbons (Fsp3) is 0.0625. The number of thioether (sulfide) groups is 1. The summed E-state index contributed by atoms with van der Waals surface area (Å²) in [5, 5.41) is 15.0. The maximum Gasteiger partial charge on any atom is 0.234 e. The van der Waals surface area contributed by atoms with E-state index in [0.717, 1.165) is 0 Å². The Bertz CT molecular complexity index is 938. The number of nitrogens with zero attached hydrogens (tertiary/aromatic N) is 2. The minimum atomic E-state index is -0.342. The summed E-state index contributed by atoms with van der Waals surface area (Å²) in [6, 6.07) is 10.9. The largest absolute Gasteiger partial charge is 0.330 e. The van der Waals surface area contributed by atoms with Crippen molar-refractivity contribution in [3.05, 3.63) is 58.3 Å². The molecule has 0 aliphatic carbocycles. The average Bonchev–Trinajstić information content (AvgIpc) is 3.04. The maximum atomic E-state index is 13.2. The fourth-order valence-corrected chi connectivity index (χ4v) is 3.82. The molecule has 134 valence electrons. The number of hydrogen-bond donors (Lipinski definition) is 2. The molecule has 10 heteroatoms. The van der Waals surface area contributed by atoms with Crippen LogP contribution in [0, 0.1) is 5.82 Å². The van der Waals surface area contributed by atoms with Crippen LogP contribution in [0.5, 0.6) is 0 Å². The van der Waals surface area contributed by atoms with Gasteiger partial charge in [-0.25, -0.2) is 4.39 Å². The van der Waals surface area contributed by atoms with Crippen molar-refractivity contribution >= 4 is 68.7 Å². The highest BCUT2D eigenvalue weighted by atomic mass is 35.5. The molecule has 0 saturated carbocycles. The first-order valence-electron chi connectivity index (χ1n) is 7.23. The quantitative estimate of drug-likeness (QED) is 0.510. The Morgan fingerprint density at radius 1 is 1.19 bits per heavy atom. The smallest absolute Gasteiger partial charge is 0.234 e. The fourth-order valence-electron chi connectivity index (χ4n) is 1.92. The van der Waals surface area contributed by atoms with Crippen LogP contribution in [-0.4, -0.2) is 21.9 Å². The average molecular weight is 429 g/mol. The van der Waals surface area contributed by atoms with Gasteiger partial charge in [0.25, 0.3) is 0 Å². The van der Waals surface area contributed by atoms with E-state index < -0.39 is 0 Å². The molecule has 2 N–H and O–H groups in total. The molecule has 0 aliphatic heterocycles. The Kier molecular flexibility index (Phi) is 6.31. The summed E-state index contributed by atoms with van der Waals surface area (Å²) in [5.41, 5.74) is 1.03. The number of amides is 1. The van der Waals surface area contributed by atoms with Gasteiger partial charge < -0.3 is 10.6 Å². The minimum Gasteiger partial charge on any atom is -0.330 e. The molecule has 2 aromatic carbocycles. The number of carbonyl (C=O) groups is 1. The zero-order valence-corrected chi connectivity index (χ0v) is 16.1. The second-order valence-corrected chi connectivity index (χ2v) is 8.01. The van der Waals surface area contributed by atoms with Crippen LogP contribution in [0.15, 0.2) is 46.8 Å². The Morgan fingerprint density at radius 2 is 2.04 bits per heavy atom. The number of carbonyl (C=O) groups excluding carboxylic acids is 1. The Labute approximate surface area is 166 Å². The molecule has 0 radical (unpaired) electrons. The van der Waals surface area contributed by atoms with Crippen molar-refractivity contribution in [2.24, 2.45) is 0 Å². The molecular formula is C16H11Cl2FN4OS2. The van der Waals surface area contributed by atoms with Crippen molar-refractivity contribution in [1.82, 2.24) is 10.2 Å². The van der Waals surface area contributed by atoms with E-state index in [1.807, 2.05) is 0 Å². The molecule has 1 heterocycles. The summed E-state index contributed by atoms with van der Waals surface area (Å²) in [6.45, 7) is 0. The van der Waals surface area contributed by atoms with Crippen LogP contribution in [0.1, 0.15) is 0 Å². The highest BCUT2D eigenvalue weighted by Gasteiger charge is 2.10. The molecule has 3 aromatic rings. The normalized spacial score (nSPS) is 10.6. The standard InChI is InChI=1S/C16H11Cl2FN4OS2/c17-9-4-5-12(18)13(6-9)21-14(24)8-25-16-23-22-15(26-16)20-11-3-1-2-10(19)7-11/h1-7H,8H2,(H,20,22)(H,21,24). The number of hydrogen-bond acceptors (Lipinski definition) is 6. The van der Waals surface area contributed by atoms with Crippen LogP contribution < -0.4 is 10.6 Å². The third-order valence-electron chi connectivity index (χ3n) is 3.01. The molecule has 5 nitrogen and oxygen atoms in total. The van der Waals surface area contributed by atoms with Gasteiger partial charge in [-0.15, -0.1) is 10.2 Å². The van der Waals surface area contributed by atoms with Crippen molar-refractivity contribution < 1.29 is 9.18 Å². The monoisotopic (exact) mass is 428 g/mol. The number of aromatic nitrogens is 2. The Morgan fingerprint density at radius 3 is 2.85 bits per heavy atom. The van der Waals surface area contributed by atoms with Gasteiger partial charge in [0.05, 0.1) is 16.5 Å². The first kappa shape index (κ1) is 18.9. The second-order valence-electron chi connectivity index (χ2n) is 4.97. The molecule has 0 spiro atoms. The summed E-state index contributed by atoms with van der Waals surface area (Å²) in [5.74, 6) is -0.447. The van der Waals surface area contributed by atoms with E-state index in [-0.39, 0.29) is 17.5 Å². The van der Waals surface area contributed by atoms with E-state index in [2.05, 4.69) is 20.8 Å². The third-order valence-corrected chi connectivity index (χ3v) is 5.55. The van der Waals surface area contributed by atoms with Gasteiger partial charge in [0.15, 0.2) is 4.34 Å². The van der Waals surface area contributed by atoms with Crippen LogP contribution in [0.25, 0.3) is 0 Å². The molecule has 0 unspecified atom stereocenters. The van der Waals surface area contributed by atoms with Gasteiger partial charge in [-0.05, 0) is 36.4 Å². The van der Waals surface area contributed by atoms with E-state index in [1.165, 1.54) is 35.2 Å². The van der Waals surface area contributed by atoms with Gasteiger partial charge in [0.2, 0.25) is 11.0 Å². The molecule has 0 aliphatic rings. The van der Waals surface area contributed by atoms with Crippen molar-refractivity contribution in [2.45, 2.75) is 4.34 Å². The lowest BCUT2D eigenvalue weighted by molar-refractivity contribution is -0.113. The van der Waals surface area contributed by atoms with Gasteiger partial charge in [-0.3, -0.25) is 4.79 Å². The second kappa shape index (κ2) is 8.68. The summed E-state index contributed by atoms with van der Waals surface area (Å²) < 4.78 is 13.8. The number of nitrogens with one attached hydrogen (secondary N) is 2. The lowest BCUT2D eigenvalue weighted by atomic mass is 10.3. The van der Waals surface area contributed by atoms with E-state index in [9.17, 15) is 9.18 Å². The predicted molar refractivity (Wildman–Crippen MR) is 105 cm³/mol. The third kappa shape index (κ3) is 5.31. The van der Waals surface area contributed by atoms with Crippen molar-refractivity contribution in [3.8, 4) is 0 Å². The van der Waals surface area contributed by atoms with Crippen molar-refractivity contribution in [1.29, 1.82) is 0 Å². The molecule has 0 saturated heterocycles. The first-order chi connectivity index (χ1) is 12.5. The van der Waals surface area contributed by atoms with Gasteiger partial charge in [-0.2, -0.15) is 0 Å².